The van der Waals surface area contributed by atoms with Crippen molar-refractivity contribution in [3.63, 3.8) is 0 Å². The molecule has 34 heavy (non-hydrogen) atoms. The summed E-state index contributed by atoms with van der Waals surface area (Å²) in [6.07, 6.45) is 1.71. The zero-order valence-electron chi connectivity index (χ0n) is 17.9. The molecule has 0 saturated heterocycles. The Hall–Kier alpha value is -4.29. The Labute approximate surface area is 199 Å². The van der Waals surface area contributed by atoms with E-state index in [4.69, 9.17) is 5.26 Å². The maximum absolute atomic E-state index is 13.5. The lowest BCUT2D eigenvalue weighted by Gasteiger charge is -2.09. The van der Waals surface area contributed by atoms with Crippen molar-refractivity contribution in [1.82, 2.24) is 30.0 Å². The molecule has 0 bridgehead atoms. The monoisotopic (exact) mass is 467 g/mol. The topological polar surface area (TPSA) is 85.2 Å². The van der Waals surface area contributed by atoms with Gasteiger partial charge in [-0.3, -0.25) is 0 Å². The summed E-state index contributed by atoms with van der Waals surface area (Å²) in [5.41, 5.74) is 4.22. The predicted molar refractivity (Wildman–Crippen MR) is 127 cm³/mol. The number of nitriles is 1. The van der Waals surface area contributed by atoms with Crippen molar-refractivity contribution < 1.29 is 4.39 Å². The summed E-state index contributed by atoms with van der Waals surface area (Å²) < 4.78 is 15.3. The van der Waals surface area contributed by atoms with Crippen LogP contribution >= 0.6 is 11.8 Å². The third-order valence-electron chi connectivity index (χ3n) is 5.12. The smallest absolute Gasteiger partial charge is 0.209 e. The Morgan fingerprint density at radius 3 is 2.41 bits per heavy atom. The number of benzene rings is 3. The molecule has 5 rings (SSSR count). The lowest BCUT2D eigenvalue weighted by Crippen LogP contribution is -2.04. The van der Waals surface area contributed by atoms with Crippen LogP contribution in [-0.2, 0) is 12.3 Å². The molecule has 0 radical (unpaired) electrons. The van der Waals surface area contributed by atoms with Crippen molar-refractivity contribution in [1.29, 1.82) is 5.26 Å². The highest BCUT2D eigenvalue weighted by Crippen LogP contribution is 2.33. The van der Waals surface area contributed by atoms with Crippen LogP contribution in [0.1, 0.15) is 16.7 Å². The van der Waals surface area contributed by atoms with Crippen LogP contribution < -0.4 is 0 Å². The summed E-state index contributed by atoms with van der Waals surface area (Å²) in [6.45, 7) is 0.428. The molecule has 0 aliphatic carbocycles. The number of nitrogens with zero attached hydrogens (tertiary/aromatic N) is 7. The fourth-order valence-corrected chi connectivity index (χ4v) is 4.46. The number of thioether (sulfide) groups is 1. The summed E-state index contributed by atoms with van der Waals surface area (Å²) in [5.74, 6) is 0.875. The van der Waals surface area contributed by atoms with E-state index in [1.807, 2.05) is 30.3 Å². The zero-order chi connectivity index (χ0) is 23.3. The fourth-order valence-electron chi connectivity index (χ4n) is 3.39. The minimum atomic E-state index is -0.304. The number of rotatable bonds is 7. The van der Waals surface area contributed by atoms with Crippen molar-refractivity contribution in [2.75, 3.05) is 0 Å². The molecule has 2 heterocycles. The van der Waals surface area contributed by atoms with Crippen molar-refractivity contribution in [3.05, 3.63) is 108 Å². The highest BCUT2D eigenvalue weighted by molar-refractivity contribution is 7.98. The average Bonchev–Trinajstić information content (AvgIpc) is 3.51. The summed E-state index contributed by atoms with van der Waals surface area (Å²) in [7, 11) is 0. The molecule has 0 atom stereocenters. The van der Waals surface area contributed by atoms with E-state index in [1.54, 1.807) is 46.9 Å². The molecule has 166 valence electrons. The number of tetrazole rings is 1. The van der Waals surface area contributed by atoms with Crippen LogP contribution in [0.2, 0.25) is 0 Å². The Morgan fingerprint density at radius 2 is 1.68 bits per heavy atom. The van der Waals surface area contributed by atoms with Gasteiger partial charge in [0, 0.05) is 5.75 Å². The lowest BCUT2D eigenvalue weighted by molar-refractivity contribution is 0.573. The predicted octanol–water partition coefficient (Wildman–Crippen LogP) is 4.88. The molecule has 0 spiro atoms. The van der Waals surface area contributed by atoms with E-state index in [0.717, 1.165) is 27.6 Å². The first-order valence-electron chi connectivity index (χ1n) is 10.5. The van der Waals surface area contributed by atoms with Gasteiger partial charge in [0.05, 0.1) is 35.6 Å². The van der Waals surface area contributed by atoms with E-state index >= 15 is 0 Å². The standard InChI is InChI=1S/C25H18FN7S/c26-21-10-12-22(13-11-21)33-25(34-17-20-4-2-1-3-5-20)23(15-28-33)24-29-31-32(30-24)16-19-8-6-18(14-27)7-9-19/h1-13,15H,16-17H2. The summed E-state index contributed by atoms with van der Waals surface area (Å²) >= 11 is 1.60. The van der Waals surface area contributed by atoms with Crippen molar-refractivity contribution >= 4 is 11.8 Å². The molecule has 2 aromatic heterocycles. The third-order valence-corrected chi connectivity index (χ3v) is 6.26. The van der Waals surface area contributed by atoms with Gasteiger partial charge < -0.3 is 0 Å². The molecular formula is C25H18FN7S. The minimum absolute atomic E-state index is 0.304. The Bertz CT molecular complexity index is 1440. The second kappa shape index (κ2) is 9.68. The van der Waals surface area contributed by atoms with Gasteiger partial charge in [-0.05, 0) is 52.7 Å². The van der Waals surface area contributed by atoms with Crippen LogP contribution in [0.25, 0.3) is 17.1 Å². The number of hydrogen-bond acceptors (Lipinski definition) is 6. The largest absolute Gasteiger partial charge is 0.226 e. The lowest BCUT2D eigenvalue weighted by atomic mass is 10.1. The van der Waals surface area contributed by atoms with E-state index in [9.17, 15) is 4.39 Å². The molecule has 0 unspecified atom stereocenters. The number of halogens is 1. The van der Waals surface area contributed by atoms with Crippen LogP contribution in [0.4, 0.5) is 4.39 Å². The van der Waals surface area contributed by atoms with Crippen LogP contribution in [0.15, 0.2) is 90.1 Å². The van der Waals surface area contributed by atoms with Crippen molar-refractivity contribution in [2.45, 2.75) is 17.3 Å². The molecule has 0 saturated carbocycles. The molecule has 9 heteroatoms. The van der Waals surface area contributed by atoms with Crippen LogP contribution in [-0.4, -0.2) is 30.0 Å². The molecule has 0 aliphatic heterocycles. The molecule has 0 N–H and O–H groups in total. The quantitative estimate of drug-likeness (QED) is 0.317. The number of aromatic nitrogens is 6. The van der Waals surface area contributed by atoms with Gasteiger partial charge in [0.2, 0.25) is 5.82 Å². The first-order chi connectivity index (χ1) is 16.7. The van der Waals surface area contributed by atoms with Gasteiger partial charge in [0.15, 0.2) is 0 Å². The van der Waals surface area contributed by atoms with Gasteiger partial charge in [-0.25, -0.2) is 9.07 Å². The van der Waals surface area contributed by atoms with Crippen LogP contribution in [0.3, 0.4) is 0 Å². The highest BCUT2D eigenvalue weighted by atomic mass is 32.2. The van der Waals surface area contributed by atoms with Gasteiger partial charge in [0.25, 0.3) is 0 Å². The molecule has 0 amide bonds. The molecule has 0 aliphatic rings. The van der Waals surface area contributed by atoms with E-state index < -0.39 is 0 Å². The molecule has 3 aromatic carbocycles. The van der Waals surface area contributed by atoms with Gasteiger partial charge in [-0.2, -0.15) is 15.2 Å². The van der Waals surface area contributed by atoms with Crippen LogP contribution in [0, 0.1) is 17.1 Å². The van der Waals surface area contributed by atoms with Gasteiger partial charge in [0.1, 0.15) is 10.8 Å². The van der Waals surface area contributed by atoms with Crippen LogP contribution in [0.5, 0.6) is 0 Å². The van der Waals surface area contributed by atoms with Crippen molar-refractivity contribution in [2.24, 2.45) is 0 Å². The molecule has 5 aromatic rings. The number of hydrogen-bond donors (Lipinski definition) is 0. The minimum Gasteiger partial charge on any atom is -0.226 e. The second-order valence-electron chi connectivity index (χ2n) is 7.48. The molecule has 0 fully saturated rings. The van der Waals surface area contributed by atoms with E-state index in [0.29, 0.717) is 17.9 Å². The SMILES string of the molecule is N#Cc1ccc(Cn2nnc(-c3cnn(-c4ccc(F)cc4)c3SCc3ccccc3)n2)cc1. The first-order valence-corrected chi connectivity index (χ1v) is 11.5. The Kier molecular flexibility index (Phi) is 6.14. The zero-order valence-corrected chi connectivity index (χ0v) is 18.7. The van der Waals surface area contributed by atoms with Gasteiger partial charge in [-0.1, -0.05) is 42.5 Å². The second-order valence-corrected chi connectivity index (χ2v) is 8.44. The van der Waals surface area contributed by atoms with E-state index in [1.165, 1.54) is 22.5 Å². The normalized spacial score (nSPS) is 10.8. The average molecular weight is 468 g/mol. The molecular weight excluding hydrogens is 449 g/mol. The molecule has 7 nitrogen and oxygen atoms in total. The van der Waals surface area contributed by atoms with E-state index in [2.05, 4.69) is 38.7 Å². The van der Waals surface area contributed by atoms with Gasteiger partial charge >= 0.3 is 0 Å². The summed E-state index contributed by atoms with van der Waals surface area (Å²) in [6, 6.07) is 25.7. The maximum atomic E-state index is 13.5. The van der Waals surface area contributed by atoms with Crippen molar-refractivity contribution in [3.8, 4) is 23.1 Å². The summed E-state index contributed by atoms with van der Waals surface area (Å²) in [5, 5.41) is 27.4. The van der Waals surface area contributed by atoms with E-state index in [-0.39, 0.29) is 5.82 Å². The Balaban J connectivity index is 1.45. The summed E-state index contributed by atoms with van der Waals surface area (Å²) in [4.78, 5) is 1.51. The maximum Gasteiger partial charge on any atom is 0.209 e. The fraction of sp³-hybridized carbons (Fsp3) is 0.0800. The highest BCUT2D eigenvalue weighted by Gasteiger charge is 2.19. The third kappa shape index (κ3) is 4.72. The Morgan fingerprint density at radius 1 is 0.912 bits per heavy atom. The first kappa shape index (κ1) is 21.6. The van der Waals surface area contributed by atoms with Gasteiger partial charge in [-0.15, -0.1) is 22.0 Å².